The minimum Gasteiger partial charge on any atom is -0.490 e. The molecule has 2 N–H and O–H groups in total. The predicted octanol–water partition coefficient (Wildman–Crippen LogP) is 3.42. The van der Waals surface area contributed by atoms with Crippen molar-refractivity contribution in [2.24, 2.45) is 5.73 Å². The van der Waals surface area contributed by atoms with E-state index in [0.717, 1.165) is 28.8 Å². The Morgan fingerprint density at radius 3 is 3.00 bits per heavy atom. The summed E-state index contributed by atoms with van der Waals surface area (Å²) in [6.07, 6.45) is 3.70. The number of benzene rings is 1. The first-order valence-corrected chi connectivity index (χ1v) is 7.25. The summed E-state index contributed by atoms with van der Waals surface area (Å²) in [5.74, 6) is 0.855. The van der Waals surface area contributed by atoms with Crippen LogP contribution in [0, 0.1) is 0 Å². The van der Waals surface area contributed by atoms with Crippen molar-refractivity contribution in [1.29, 1.82) is 0 Å². The van der Waals surface area contributed by atoms with E-state index in [0.29, 0.717) is 6.61 Å². The molecule has 0 radical (unpaired) electrons. The van der Waals surface area contributed by atoms with Gasteiger partial charge in [-0.2, -0.15) is 0 Å². The lowest BCUT2D eigenvalue weighted by Gasteiger charge is -2.23. The van der Waals surface area contributed by atoms with Crippen LogP contribution in [0.25, 0.3) is 0 Å². The lowest BCUT2D eigenvalue weighted by atomic mass is 10.1. The van der Waals surface area contributed by atoms with Gasteiger partial charge < -0.3 is 15.2 Å². The second-order valence-electron chi connectivity index (χ2n) is 4.77. The van der Waals surface area contributed by atoms with Crippen LogP contribution in [0.5, 0.6) is 5.75 Å². The quantitative estimate of drug-likeness (QED) is 0.926. The third kappa shape index (κ3) is 3.70. The summed E-state index contributed by atoms with van der Waals surface area (Å²) in [4.78, 5) is 0. The lowest BCUT2D eigenvalue weighted by molar-refractivity contribution is -0.0113. The first kappa shape index (κ1) is 13.8. The molecule has 2 rings (SSSR count). The van der Waals surface area contributed by atoms with Gasteiger partial charge in [0.2, 0.25) is 0 Å². The Balaban J connectivity index is 2.00. The largest absolute Gasteiger partial charge is 0.490 e. The molecule has 0 saturated carbocycles. The van der Waals surface area contributed by atoms with Crippen LogP contribution in [0.2, 0.25) is 0 Å². The average molecular weight is 314 g/mol. The third-order valence-electron chi connectivity index (χ3n) is 3.16. The molecule has 1 unspecified atom stereocenters. The van der Waals surface area contributed by atoms with Gasteiger partial charge in [-0.3, -0.25) is 0 Å². The summed E-state index contributed by atoms with van der Waals surface area (Å²) in [7, 11) is 0. The van der Waals surface area contributed by atoms with Crippen molar-refractivity contribution in [1.82, 2.24) is 0 Å². The first-order chi connectivity index (χ1) is 8.66. The fraction of sp³-hybridized carbons (Fsp3) is 0.571. The molecule has 100 valence electrons. The number of nitrogens with two attached hydrogens (primary N) is 1. The molecule has 2 atom stereocenters. The Kier molecular flexibility index (Phi) is 5.03. The summed E-state index contributed by atoms with van der Waals surface area (Å²) in [5, 5.41) is 0. The fourth-order valence-corrected chi connectivity index (χ4v) is 2.47. The number of hydrogen-bond donors (Lipinski definition) is 1. The van der Waals surface area contributed by atoms with E-state index in [-0.39, 0.29) is 12.1 Å². The summed E-state index contributed by atoms with van der Waals surface area (Å²) < 4.78 is 12.6. The van der Waals surface area contributed by atoms with Gasteiger partial charge in [-0.05, 0) is 38.3 Å². The maximum atomic E-state index is 5.95. The highest BCUT2D eigenvalue weighted by atomic mass is 79.9. The number of ether oxygens (including phenoxy) is 2. The molecule has 1 aromatic rings. The van der Waals surface area contributed by atoms with E-state index in [9.17, 15) is 0 Å². The molecule has 1 aromatic carbocycles. The Bertz CT molecular complexity index is 389. The molecule has 1 heterocycles. The lowest BCUT2D eigenvalue weighted by Crippen LogP contribution is -2.26. The van der Waals surface area contributed by atoms with Crippen LogP contribution in [0.1, 0.15) is 37.8 Å². The van der Waals surface area contributed by atoms with Gasteiger partial charge in [-0.1, -0.05) is 22.0 Å². The van der Waals surface area contributed by atoms with Crippen LogP contribution in [-0.4, -0.2) is 19.3 Å². The third-order valence-corrected chi connectivity index (χ3v) is 3.66. The monoisotopic (exact) mass is 313 g/mol. The molecule has 4 heteroatoms. The van der Waals surface area contributed by atoms with Gasteiger partial charge in [0.25, 0.3) is 0 Å². The van der Waals surface area contributed by atoms with Crippen LogP contribution in [0.15, 0.2) is 22.7 Å². The van der Waals surface area contributed by atoms with Gasteiger partial charge >= 0.3 is 0 Å². The van der Waals surface area contributed by atoms with Crippen LogP contribution < -0.4 is 10.5 Å². The molecular weight excluding hydrogens is 294 g/mol. The van der Waals surface area contributed by atoms with Gasteiger partial charge in [0.1, 0.15) is 12.4 Å². The Labute approximate surface area is 117 Å². The zero-order chi connectivity index (χ0) is 13.0. The summed E-state index contributed by atoms with van der Waals surface area (Å²) >= 11 is 3.46. The zero-order valence-corrected chi connectivity index (χ0v) is 12.3. The highest BCUT2D eigenvalue weighted by Gasteiger charge is 2.16. The molecule has 1 aliphatic heterocycles. The molecule has 0 aromatic heterocycles. The number of hydrogen-bond acceptors (Lipinski definition) is 3. The zero-order valence-electron chi connectivity index (χ0n) is 10.7. The second-order valence-corrected chi connectivity index (χ2v) is 5.69. The van der Waals surface area contributed by atoms with E-state index < -0.39 is 0 Å². The molecule has 0 spiro atoms. The Morgan fingerprint density at radius 1 is 1.50 bits per heavy atom. The summed E-state index contributed by atoms with van der Waals surface area (Å²) in [6.45, 7) is 3.43. The van der Waals surface area contributed by atoms with Gasteiger partial charge in [0, 0.05) is 22.7 Å². The maximum absolute atomic E-state index is 5.95. The Morgan fingerprint density at radius 2 is 2.33 bits per heavy atom. The first-order valence-electron chi connectivity index (χ1n) is 6.46. The van der Waals surface area contributed by atoms with E-state index in [1.54, 1.807) is 0 Å². The van der Waals surface area contributed by atoms with Crippen molar-refractivity contribution < 1.29 is 9.47 Å². The van der Waals surface area contributed by atoms with E-state index in [2.05, 4.69) is 15.9 Å². The van der Waals surface area contributed by atoms with Crippen molar-refractivity contribution in [2.45, 2.75) is 38.3 Å². The van der Waals surface area contributed by atoms with Crippen LogP contribution in [0.4, 0.5) is 0 Å². The molecule has 3 nitrogen and oxygen atoms in total. The van der Waals surface area contributed by atoms with Crippen molar-refractivity contribution in [3.8, 4) is 5.75 Å². The molecule has 1 aliphatic rings. The van der Waals surface area contributed by atoms with E-state index in [1.807, 2.05) is 25.1 Å². The molecule has 0 aliphatic carbocycles. The maximum Gasteiger partial charge on any atom is 0.125 e. The summed E-state index contributed by atoms with van der Waals surface area (Å²) in [6, 6.07) is 5.94. The van der Waals surface area contributed by atoms with Crippen molar-refractivity contribution in [2.75, 3.05) is 13.2 Å². The molecule has 0 bridgehead atoms. The van der Waals surface area contributed by atoms with Gasteiger partial charge in [0.05, 0.1) is 6.10 Å². The van der Waals surface area contributed by atoms with Crippen LogP contribution in [0.3, 0.4) is 0 Å². The van der Waals surface area contributed by atoms with E-state index in [1.165, 1.54) is 12.8 Å². The predicted molar refractivity (Wildman–Crippen MR) is 75.8 cm³/mol. The number of rotatable bonds is 4. The topological polar surface area (TPSA) is 44.5 Å². The highest BCUT2D eigenvalue weighted by molar-refractivity contribution is 9.10. The van der Waals surface area contributed by atoms with Gasteiger partial charge in [-0.25, -0.2) is 0 Å². The molecule has 1 fully saturated rings. The Hall–Kier alpha value is -0.580. The molecular formula is C14H20BrNO2. The molecule has 18 heavy (non-hydrogen) atoms. The standard InChI is InChI=1S/C14H20BrNO2/c1-10(16)13-6-5-11(15)8-14(13)18-9-12-4-2-3-7-17-12/h5-6,8,10,12H,2-4,7,9,16H2,1H3/t10-,12?/m0/s1. The number of halogens is 1. The van der Waals surface area contributed by atoms with Crippen molar-refractivity contribution >= 4 is 15.9 Å². The molecule has 1 saturated heterocycles. The van der Waals surface area contributed by atoms with E-state index in [4.69, 9.17) is 15.2 Å². The smallest absolute Gasteiger partial charge is 0.125 e. The second kappa shape index (κ2) is 6.55. The minimum atomic E-state index is -0.0274. The molecule has 0 amide bonds. The summed E-state index contributed by atoms with van der Waals surface area (Å²) in [5.41, 5.74) is 6.98. The highest BCUT2D eigenvalue weighted by Crippen LogP contribution is 2.28. The SMILES string of the molecule is C[C@H](N)c1ccc(Br)cc1OCC1CCCCO1. The fourth-order valence-electron chi connectivity index (χ4n) is 2.13. The van der Waals surface area contributed by atoms with Crippen molar-refractivity contribution in [3.05, 3.63) is 28.2 Å². The van der Waals surface area contributed by atoms with Crippen LogP contribution in [-0.2, 0) is 4.74 Å². The average Bonchev–Trinajstić information content (AvgIpc) is 2.37. The minimum absolute atomic E-state index is 0.0274. The van der Waals surface area contributed by atoms with Gasteiger partial charge in [-0.15, -0.1) is 0 Å². The van der Waals surface area contributed by atoms with E-state index >= 15 is 0 Å². The van der Waals surface area contributed by atoms with Gasteiger partial charge in [0.15, 0.2) is 0 Å². The van der Waals surface area contributed by atoms with Crippen LogP contribution >= 0.6 is 15.9 Å². The van der Waals surface area contributed by atoms with Crippen molar-refractivity contribution in [3.63, 3.8) is 0 Å². The normalized spacial score (nSPS) is 21.6.